The predicted molar refractivity (Wildman–Crippen MR) is 126 cm³/mol. The molecule has 1 heterocycles. The minimum absolute atomic E-state index is 0.395. The number of allylic oxidation sites excluding steroid dienone is 1. The topological polar surface area (TPSA) is 36.3 Å². The SMILES string of the molecule is C=CCc1ccccc1OCc1nc2ccccc2n1CCOc1ccc(C)cc1C. The van der Waals surface area contributed by atoms with Crippen LogP contribution < -0.4 is 9.47 Å². The summed E-state index contributed by atoms with van der Waals surface area (Å²) in [5, 5.41) is 0. The highest BCUT2D eigenvalue weighted by Crippen LogP contribution is 2.23. The number of ether oxygens (including phenoxy) is 2. The van der Waals surface area contributed by atoms with E-state index >= 15 is 0 Å². The van der Waals surface area contributed by atoms with Crippen LogP contribution in [-0.2, 0) is 19.6 Å². The highest BCUT2D eigenvalue weighted by Gasteiger charge is 2.12. The van der Waals surface area contributed by atoms with Gasteiger partial charge in [0.05, 0.1) is 17.6 Å². The van der Waals surface area contributed by atoms with E-state index in [9.17, 15) is 0 Å². The Morgan fingerprint density at radius 2 is 1.74 bits per heavy atom. The molecule has 0 aliphatic rings. The zero-order valence-electron chi connectivity index (χ0n) is 18.2. The number of aromatic nitrogens is 2. The van der Waals surface area contributed by atoms with Crippen LogP contribution in [0.15, 0.2) is 79.4 Å². The van der Waals surface area contributed by atoms with Gasteiger partial charge in [0, 0.05) is 0 Å². The first-order chi connectivity index (χ1) is 15.2. The van der Waals surface area contributed by atoms with Crippen LogP contribution >= 0.6 is 0 Å². The molecule has 4 heteroatoms. The van der Waals surface area contributed by atoms with Gasteiger partial charge in [-0.25, -0.2) is 4.98 Å². The van der Waals surface area contributed by atoms with Crippen molar-refractivity contribution in [3.8, 4) is 11.5 Å². The molecule has 4 aromatic rings. The average molecular weight is 413 g/mol. The molecule has 0 spiro atoms. The van der Waals surface area contributed by atoms with Gasteiger partial charge in [0.2, 0.25) is 0 Å². The maximum atomic E-state index is 6.17. The van der Waals surface area contributed by atoms with Crippen LogP contribution in [0.25, 0.3) is 11.0 Å². The third-order valence-electron chi connectivity index (χ3n) is 5.33. The molecule has 0 N–H and O–H groups in total. The van der Waals surface area contributed by atoms with Crippen LogP contribution in [0.4, 0.5) is 0 Å². The monoisotopic (exact) mass is 412 g/mol. The van der Waals surface area contributed by atoms with E-state index in [0.717, 1.165) is 45.9 Å². The Balaban J connectivity index is 1.52. The van der Waals surface area contributed by atoms with E-state index in [0.29, 0.717) is 19.8 Å². The first kappa shape index (κ1) is 20.7. The Hall–Kier alpha value is -3.53. The van der Waals surface area contributed by atoms with Crippen molar-refractivity contribution < 1.29 is 9.47 Å². The van der Waals surface area contributed by atoms with E-state index in [-0.39, 0.29) is 0 Å². The van der Waals surface area contributed by atoms with Gasteiger partial charge in [0.25, 0.3) is 0 Å². The lowest BCUT2D eigenvalue weighted by molar-refractivity contribution is 0.270. The molecule has 4 nitrogen and oxygen atoms in total. The number of aryl methyl sites for hydroxylation is 2. The molecule has 158 valence electrons. The second kappa shape index (κ2) is 9.52. The molecule has 0 atom stereocenters. The predicted octanol–water partition coefficient (Wildman–Crippen LogP) is 6.04. The maximum absolute atomic E-state index is 6.17. The summed E-state index contributed by atoms with van der Waals surface area (Å²) in [6.07, 6.45) is 2.66. The average Bonchev–Trinajstić information content (AvgIpc) is 3.12. The van der Waals surface area contributed by atoms with Crippen molar-refractivity contribution >= 4 is 11.0 Å². The summed E-state index contributed by atoms with van der Waals surface area (Å²) in [5.74, 6) is 2.68. The van der Waals surface area contributed by atoms with Crippen LogP contribution in [0, 0.1) is 13.8 Å². The molecular weight excluding hydrogens is 384 g/mol. The third kappa shape index (κ3) is 4.80. The lowest BCUT2D eigenvalue weighted by atomic mass is 10.1. The van der Waals surface area contributed by atoms with Gasteiger partial charge in [-0.15, -0.1) is 6.58 Å². The smallest absolute Gasteiger partial charge is 0.148 e. The van der Waals surface area contributed by atoms with Crippen LogP contribution in [0.3, 0.4) is 0 Å². The van der Waals surface area contributed by atoms with Gasteiger partial charge in [-0.3, -0.25) is 0 Å². The standard InChI is InChI=1S/C27H28N2O2/c1-4-9-22-10-5-8-13-26(22)31-19-27-28-23-11-6-7-12-24(23)29(27)16-17-30-25-15-14-20(2)18-21(25)3/h4-8,10-15,18H,1,9,16-17,19H2,2-3H3. The van der Waals surface area contributed by atoms with E-state index in [1.807, 2.05) is 48.5 Å². The Morgan fingerprint density at radius 3 is 2.58 bits per heavy atom. The molecule has 0 unspecified atom stereocenters. The number of rotatable bonds is 9. The summed E-state index contributed by atoms with van der Waals surface area (Å²) in [6, 6.07) is 22.5. The molecular formula is C27H28N2O2. The molecule has 0 aliphatic carbocycles. The van der Waals surface area contributed by atoms with Crippen LogP contribution in [0.2, 0.25) is 0 Å². The van der Waals surface area contributed by atoms with Crippen molar-refractivity contribution in [1.29, 1.82) is 0 Å². The molecule has 0 bridgehead atoms. The highest BCUT2D eigenvalue weighted by molar-refractivity contribution is 5.75. The van der Waals surface area contributed by atoms with Crippen molar-refractivity contribution in [2.45, 2.75) is 33.4 Å². The molecule has 3 aromatic carbocycles. The van der Waals surface area contributed by atoms with Crippen molar-refractivity contribution in [3.63, 3.8) is 0 Å². The first-order valence-electron chi connectivity index (χ1n) is 10.6. The second-order valence-electron chi connectivity index (χ2n) is 7.67. The largest absolute Gasteiger partial charge is 0.491 e. The molecule has 1 aromatic heterocycles. The summed E-state index contributed by atoms with van der Waals surface area (Å²) < 4.78 is 14.4. The summed E-state index contributed by atoms with van der Waals surface area (Å²) in [5.41, 5.74) is 5.56. The van der Waals surface area contributed by atoms with Gasteiger partial charge >= 0.3 is 0 Å². The number of hydrogen-bond acceptors (Lipinski definition) is 3. The van der Waals surface area contributed by atoms with Crippen molar-refractivity contribution in [2.24, 2.45) is 0 Å². The van der Waals surface area contributed by atoms with Crippen LogP contribution in [0.1, 0.15) is 22.5 Å². The summed E-state index contributed by atoms with van der Waals surface area (Å²) >= 11 is 0. The summed E-state index contributed by atoms with van der Waals surface area (Å²) in [7, 11) is 0. The summed E-state index contributed by atoms with van der Waals surface area (Å²) in [6.45, 7) is 9.66. The zero-order chi connectivity index (χ0) is 21.6. The van der Waals surface area contributed by atoms with Crippen molar-refractivity contribution in [2.75, 3.05) is 6.61 Å². The Bertz CT molecular complexity index is 1190. The first-order valence-corrected chi connectivity index (χ1v) is 10.6. The molecule has 0 fully saturated rings. The second-order valence-corrected chi connectivity index (χ2v) is 7.67. The van der Waals surface area contributed by atoms with E-state index < -0.39 is 0 Å². The van der Waals surface area contributed by atoms with Gasteiger partial charge in [-0.2, -0.15) is 0 Å². The fraction of sp³-hybridized carbons (Fsp3) is 0.222. The fourth-order valence-electron chi connectivity index (χ4n) is 3.80. The van der Waals surface area contributed by atoms with Crippen LogP contribution in [-0.4, -0.2) is 16.2 Å². The van der Waals surface area contributed by atoms with E-state index in [2.05, 4.69) is 49.3 Å². The lowest BCUT2D eigenvalue weighted by Crippen LogP contribution is -2.13. The molecule has 0 aliphatic heterocycles. The number of imidazole rings is 1. The normalized spacial score (nSPS) is 10.9. The molecule has 0 radical (unpaired) electrons. The van der Waals surface area contributed by atoms with Crippen molar-refractivity contribution in [3.05, 3.63) is 102 Å². The Kier molecular flexibility index (Phi) is 6.37. The van der Waals surface area contributed by atoms with Crippen LogP contribution in [0.5, 0.6) is 11.5 Å². The quantitative estimate of drug-likeness (QED) is 0.315. The lowest BCUT2D eigenvalue weighted by Gasteiger charge is -2.14. The third-order valence-corrected chi connectivity index (χ3v) is 5.33. The number of hydrogen-bond donors (Lipinski definition) is 0. The van der Waals surface area contributed by atoms with Gasteiger partial charge < -0.3 is 14.0 Å². The van der Waals surface area contributed by atoms with Gasteiger partial charge in [0.1, 0.15) is 30.5 Å². The number of benzene rings is 3. The molecule has 4 rings (SSSR count). The molecule has 0 amide bonds. The van der Waals surface area contributed by atoms with Gasteiger partial charge in [0.15, 0.2) is 0 Å². The number of para-hydroxylation sites is 3. The Morgan fingerprint density at radius 1 is 0.935 bits per heavy atom. The number of nitrogens with zero attached hydrogens (tertiary/aromatic N) is 2. The minimum atomic E-state index is 0.395. The van der Waals surface area contributed by atoms with Gasteiger partial charge in [-0.1, -0.05) is 54.1 Å². The number of fused-ring (bicyclic) bond motifs is 1. The minimum Gasteiger partial charge on any atom is -0.491 e. The van der Waals surface area contributed by atoms with Crippen molar-refractivity contribution in [1.82, 2.24) is 9.55 Å². The zero-order valence-corrected chi connectivity index (χ0v) is 18.2. The molecule has 0 saturated carbocycles. The van der Waals surface area contributed by atoms with E-state index in [1.54, 1.807) is 0 Å². The van der Waals surface area contributed by atoms with Gasteiger partial charge in [-0.05, 0) is 55.7 Å². The Labute approximate surface area is 183 Å². The van der Waals surface area contributed by atoms with E-state index in [4.69, 9.17) is 14.5 Å². The highest BCUT2D eigenvalue weighted by atomic mass is 16.5. The van der Waals surface area contributed by atoms with E-state index in [1.165, 1.54) is 5.56 Å². The summed E-state index contributed by atoms with van der Waals surface area (Å²) in [4.78, 5) is 4.82. The fourth-order valence-corrected chi connectivity index (χ4v) is 3.80. The molecule has 0 saturated heterocycles. The molecule has 31 heavy (non-hydrogen) atoms. The maximum Gasteiger partial charge on any atom is 0.148 e.